The summed E-state index contributed by atoms with van der Waals surface area (Å²) < 4.78 is 0. The number of rotatable bonds is 5. The van der Waals surface area contributed by atoms with E-state index in [-0.39, 0.29) is 0 Å². The van der Waals surface area contributed by atoms with Gasteiger partial charge in [0, 0.05) is 6.04 Å². The van der Waals surface area contributed by atoms with E-state index in [2.05, 4.69) is 22.4 Å². The number of nitrogens with zero attached hydrogens (tertiary/aromatic N) is 3. The van der Waals surface area contributed by atoms with Crippen LogP contribution in [0.1, 0.15) is 19.0 Å². The van der Waals surface area contributed by atoms with Crippen molar-refractivity contribution in [3.8, 4) is 5.69 Å². The minimum absolute atomic E-state index is 0.511. The highest BCUT2D eigenvalue weighted by Crippen LogP contribution is 2.06. The first-order valence-electron chi connectivity index (χ1n) is 5.93. The highest BCUT2D eigenvalue weighted by atomic mass is 15.5. The Morgan fingerprint density at radius 2 is 2.06 bits per heavy atom. The van der Waals surface area contributed by atoms with Gasteiger partial charge in [0.05, 0.1) is 17.6 Å². The number of para-hydroxylation sites is 1. The number of benzene rings is 1. The Morgan fingerprint density at radius 3 is 2.76 bits per heavy atom. The fraction of sp³-hybridized carbons (Fsp3) is 0.385. The largest absolute Gasteiger partial charge is 0.317 e. The van der Waals surface area contributed by atoms with Crippen LogP contribution in [0.15, 0.2) is 36.5 Å². The molecule has 1 atom stereocenters. The lowest BCUT2D eigenvalue weighted by atomic mass is 10.1. The third kappa shape index (κ3) is 3.14. The lowest BCUT2D eigenvalue weighted by Gasteiger charge is -2.07. The molecule has 0 spiro atoms. The molecule has 1 aromatic carbocycles. The molecule has 90 valence electrons. The quantitative estimate of drug-likeness (QED) is 0.851. The van der Waals surface area contributed by atoms with E-state index in [1.165, 1.54) is 0 Å². The molecule has 0 saturated carbocycles. The standard InChI is InChI=1S/C13H18N4/c1-11(14-2)8-9-12-10-15-17(16-12)13-6-4-3-5-7-13/h3-7,10-11,14H,8-9H2,1-2H3. The van der Waals surface area contributed by atoms with Crippen LogP contribution in [0.2, 0.25) is 0 Å². The average molecular weight is 230 g/mol. The maximum absolute atomic E-state index is 4.46. The van der Waals surface area contributed by atoms with Gasteiger partial charge in [-0.2, -0.15) is 15.0 Å². The first-order valence-corrected chi connectivity index (χ1v) is 5.93. The van der Waals surface area contributed by atoms with Gasteiger partial charge in [-0.05, 0) is 38.9 Å². The van der Waals surface area contributed by atoms with Crippen molar-refractivity contribution in [2.24, 2.45) is 0 Å². The van der Waals surface area contributed by atoms with Crippen molar-refractivity contribution in [1.29, 1.82) is 0 Å². The SMILES string of the molecule is CNC(C)CCc1cnn(-c2ccccc2)n1. The van der Waals surface area contributed by atoms with Gasteiger partial charge in [-0.3, -0.25) is 0 Å². The average Bonchev–Trinajstić information content (AvgIpc) is 2.86. The monoisotopic (exact) mass is 230 g/mol. The van der Waals surface area contributed by atoms with Gasteiger partial charge in [0.1, 0.15) is 0 Å². The normalized spacial score (nSPS) is 12.6. The van der Waals surface area contributed by atoms with Crippen LogP contribution in [0.5, 0.6) is 0 Å². The molecule has 0 fully saturated rings. The molecule has 0 amide bonds. The Labute approximate surface area is 102 Å². The van der Waals surface area contributed by atoms with E-state index >= 15 is 0 Å². The Morgan fingerprint density at radius 1 is 1.29 bits per heavy atom. The summed E-state index contributed by atoms with van der Waals surface area (Å²) in [4.78, 5) is 1.68. The lowest BCUT2D eigenvalue weighted by Crippen LogP contribution is -2.21. The summed E-state index contributed by atoms with van der Waals surface area (Å²) in [5, 5.41) is 12.0. The van der Waals surface area contributed by atoms with E-state index in [1.54, 1.807) is 4.80 Å². The highest BCUT2D eigenvalue weighted by Gasteiger charge is 2.04. The number of hydrogen-bond acceptors (Lipinski definition) is 3. The minimum Gasteiger partial charge on any atom is -0.317 e. The molecule has 17 heavy (non-hydrogen) atoms. The molecular weight excluding hydrogens is 212 g/mol. The minimum atomic E-state index is 0.511. The third-order valence-electron chi connectivity index (χ3n) is 2.85. The van der Waals surface area contributed by atoms with E-state index < -0.39 is 0 Å². The summed E-state index contributed by atoms with van der Waals surface area (Å²) in [7, 11) is 1.98. The summed E-state index contributed by atoms with van der Waals surface area (Å²) in [6.45, 7) is 2.17. The van der Waals surface area contributed by atoms with Crippen molar-refractivity contribution in [2.45, 2.75) is 25.8 Å². The number of aromatic nitrogens is 3. The fourth-order valence-electron chi connectivity index (χ4n) is 1.60. The van der Waals surface area contributed by atoms with Crippen molar-refractivity contribution in [1.82, 2.24) is 20.3 Å². The first-order chi connectivity index (χ1) is 8.29. The summed E-state index contributed by atoms with van der Waals surface area (Å²) in [6, 6.07) is 10.5. The number of nitrogens with one attached hydrogen (secondary N) is 1. The summed E-state index contributed by atoms with van der Waals surface area (Å²) in [5.74, 6) is 0. The van der Waals surface area contributed by atoms with Crippen molar-refractivity contribution in [3.05, 3.63) is 42.2 Å². The van der Waals surface area contributed by atoms with Crippen molar-refractivity contribution in [2.75, 3.05) is 7.05 Å². The number of aryl methyl sites for hydroxylation is 1. The molecule has 1 aromatic heterocycles. The molecule has 1 unspecified atom stereocenters. The molecule has 4 heteroatoms. The van der Waals surface area contributed by atoms with Gasteiger partial charge in [-0.1, -0.05) is 18.2 Å². The van der Waals surface area contributed by atoms with Gasteiger partial charge in [0.2, 0.25) is 0 Å². The molecule has 1 N–H and O–H groups in total. The first kappa shape index (κ1) is 11.8. The molecule has 4 nitrogen and oxygen atoms in total. The van der Waals surface area contributed by atoms with Gasteiger partial charge in [-0.15, -0.1) is 0 Å². The second kappa shape index (κ2) is 5.59. The predicted octanol–water partition coefficient (Wildman–Crippen LogP) is 1.81. The molecule has 0 bridgehead atoms. The van der Waals surface area contributed by atoms with Crippen LogP contribution >= 0.6 is 0 Å². The molecule has 2 aromatic rings. The predicted molar refractivity (Wildman–Crippen MR) is 68.2 cm³/mol. The van der Waals surface area contributed by atoms with E-state index in [4.69, 9.17) is 0 Å². The van der Waals surface area contributed by atoms with Gasteiger partial charge in [-0.25, -0.2) is 0 Å². The zero-order valence-corrected chi connectivity index (χ0v) is 10.3. The van der Waals surface area contributed by atoms with Crippen LogP contribution in [0.3, 0.4) is 0 Å². The highest BCUT2D eigenvalue weighted by molar-refractivity contribution is 5.28. The molecule has 0 radical (unpaired) electrons. The smallest absolute Gasteiger partial charge is 0.0856 e. The Balaban J connectivity index is 2.01. The van der Waals surface area contributed by atoms with E-state index in [0.29, 0.717) is 6.04 Å². The van der Waals surface area contributed by atoms with Gasteiger partial charge >= 0.3 is 0 Å². The van der Waals surface area contributed by atoms with E-state index in [9.17, 15) is 0 Å². The van der Waals surface area contributed by atoms with Gasteiger partial charge in [0.25, 0.3) is 0 Å². The van der Waals surface area contributed by atoms with Crippen LogP contribution < -0.4 is 5.32 Å². The second-order valence-corrected chi connectivity index (χ2v) is 4.19. The Hall–Kier alpha value is -1.68. The van der Waals surface area contributed by atoms with Crippen LogP contribution in [0, 0.1) is 0 Å². The zero-order valence-electron chi connectivity index (χ0n) is 10.3. The van der Waals surface area contributed by atoms with Gasteiger partial charge < -0.3 is 5.32 Å². The van der Waals surface area contributed by atoms with Crippen molar-refractivity contribution >= 4 is 0 Å². The van der Waals surface area contributed by atoms with Crippen molar-refractivity contribution in [3.63, 3.8) is 0 Å². The van der Waals surface area contributed by atoms with Crippen molar-refractivity contribution < 1.29 is 0 Å². The molecular formula is C13H18N4. The molecule has 1 heterocycles. The summed E-state index contributed by atoms with van der Waals surface area (Å²) in [5.41, 5.74) is 2.04. The molecule has 0 aliphatic carbocycles. The molecule has 0 aliphatic rings. The molecule has 0 saturated heterocycles. The molecule has 0 aliphatic heterocycles. The fourth-order valence-corrected chi connectivity index (χ4v) is 1.60. The lowest BCUT2D eigenvalue weighted by molar-refractivity contribution is 0.559. The summed E-state index contributed by atoms with van der Waals surface area (Å²) in [6.07, 6.45) is 3.87. The molecule has 2 rings (SSSR count). The Bertz CT molecular complexity index is 449. The zero-order chi connectivity index (χ0) is 12.1. The van der Waals surface area contributed by atoms with Gasteiger partial charge in [0.15, 0.2) is 0 Å². The Kier molecular flexibility index (Phi) is 3.88. The van der Waals surface area contributed by atoms with Crippen LogP contribution in [-0.2, 0) is 6.42 Å². The topological polar surface area (TPSA) is 42.7 Å². The van der Waals surface area contributed by atoms with E-state index in [1.807, 2.05) is 43.6 Å². The van der Waals surface area contributed by atoms with E-state index in [0.717, 1.165) is 24.2 Å². The van der Waals surface area contributed by atoms with Crippen LogP contribution in [0.4, 0.5) is 0 Å². The maximum Gasteiger partial charge on any atom is 0.0856 e. The van der Waals surface area contributed by atoms with Crippen LogP contribution in [-0.4, -0.2) is 28.1 Å². The maximum atomic E-state index is 4.46. The second-order valence-electron chi connectivity index (χ2n) is 4.19. The van der Waals surface area contributed by atoms with Crippen LogP contribution in [0.25, 0.3) is 5.69 Å². The summed E-state index contributed by atoms with van der Waals surface area (Å²) >= 11 is 0. The third-order valence-corrected chi connectivity index (χ3v) is 2.85. The number of hydrogen-bond donors (Lipinski definition) is 1.